The minimum absolute atomic E-state index is 0.0317. The molecule has 366 valence electrons. The van der Waals surface area contributed by atoms with E-state index in [1.165, 1.54) is 65.4 Å². The Hall–Kier alpha value is -7.02. The van der Waals surface area contributed by atoms with E-state index in [-0.39, 0.29) is 67.4 Å². The van der Waals surface area contributed by atoms with Crippen LogP contribution in [0.25, 0.3) is 38.7 Å². The molecule has 18 nitrogen and oxygen atoms in total. The highest BCUT2D eigenvalue weighted by molar-refractivity contribution is 6.16. The number of benzene rings is 3. The number of phenols is 1. The number of likely N-dealkylation sites (N-methyl/N-ethyl adjacent to an activating group) is 1. The van der Waals surface area contributed by atoms with Gasteiger partial charge in [0.1, 0.15) is 47.0 Å². The zero-order valence-corrected chi connectivity index (χ0v) is 40.1. The number of amides is 1. The molecule has 5 N–H and O–H groups in total. The molecule has 2 aliphatic heterocycles. The number of esters is 1. The summed E-state index contributed by atoms with van der Waals surface area (Å²) < 4.78 is 36.3. The number of aromatic hydroxyl groups is 1. The monoisotopic (exact) mass is 950 g/mol. The number of anilines is 2. The number of aliphatic hydroxyl groups is 3. The van der Waals surface area contributed by atoms with Crippen LogP contribution in [0.1, 0.15) is 54.0 Å². The van der Waals surface area contributed by atoms with Gasteiger partial charge in [0, 0.05) is 86.5 Å². The van der Waals surface area contributed by atoms with E-state index in [1.807, 2.05) is 24.1 Å². The first-order valence-electron chi connectivity index (χ1n) is 22.6. The number of hydrogen-bond donors (Lipinski definition) is 5. The van der Waals surface area contributed by atoms with Gasteiger partial charge in [-0.2, -0.15) is 0 Å². The molecule has 0 saturated carbocycles. The van der Waals surface area contributed by atoms with Crippen molar-refractivity contribution in [1.82, 2.24) is 9.97 Å². The van der Waals surface area contributed by atoms with E-state index >= 15 is 0 Å². The van der Waals surface area contributed by atoms with Gasteiger partial charge < -0.3 is 58.7 Å². The number of pyridine rings is 1. The van der Waals surface area contributed by atoms with Crippen molar-refractivity contribution in [3.63, 3.8) is 0 Å². The molecule has 0 aliphatic carbocycles. The van der Waals surface area contributed by atoms with Crippen LogP contribution >= 0.6 is 0 Å². The number of methoxy groups -OCH3 is 1. The lowest BCUT2D eigenvalue weighted by molar-refractivity contribution is -0.160. The molecular weight excluding hydrogens is 893 g/mol. The van der Waals surface area contributed by atoms with Gasteiger partial charge in [-0.05, 0) is 32.1 Å². The van der Waals surface area contributed by atoms with Crippen LogP contribution < -0.4 is 35.8 Å². The van der Waals surface area contributed by atoms with Crippen LogP contribution in [-0.4, -0.2) is 99.8 Å². The highest BCUT2D eigenvalue weighted by Crippen LogP contribution is 2.42. The molecule has 3 aromatic carbocycles. The Morgan fingerprint density at radius 1 is 0.971 bits per heavy atom. The van der Waals surface area contributed by atoms with E-state index in [0.29, 0.717) is 12.4 Å². The number of carbonyl (C=O) groups is 2. The van der Waals surface area contributed by atoms with Crippen LogP contribution in [-0.2, 0) is 23.8 Å². The molecule has 2 aliphatic rings. The maximum Gasteiger partial charge on any atom is 0.307 e. The van der Waals surface area contributed by atoms with Crippen LogP contribution in [0.15, 0.2) is 86.7 Å². The van der Waals surface area contributed by atoms with Crippen molar-refractivity contribution in [2.45, 2.75) is 85.6 Å². The highest BCUT2D eigenvalue weighted by atomic mass is 16.7. The lowest BCUT2D eigenvalue weighted by atomic mass is 9.78. The fourth-order valence-corrected chi connectivity index (χ4v) is 8.94. The van der Waals surface area contributed by atoms with Crippen LogP contribution in [0.3, 0.4) is 0 Å². The fraction of sp³-hybridized carbons (Fsp3) is 0.412. The first kappa shape index (κ1) is 49.9. The first-order valence-corrected chi connectivity index (χ1v) is 22.6. The highest BCUT2D eigenvalue weighted by Gasteiger charge is 2.44. The normalized spacial score (nSPS) is 27.3. The summed E-state index contributed by atoms with van der Waals surface area (Å²) in [6.07, 6.45) is 5.08. The summed E-state index contributed by atoms with van der Waals surface area (Å²) in [6, 6.07) is 8.16. The quantitative estimate of drug-likeness (QED) is 0.0771. The molecule has 5 aromatic rings. The number of ether oxygens (including phenoxy) is 5. The van der Waals surface area contributed by atoms with Crippen LogP contribution in [0, 0.1) is 30.6 Å². The molecule has 18 heteroatoms. The van der Waals surface area contributed by atoms with E-state index in [4.69, 9.17) is 33.1 Å². The van der Waals surface area contributed by atoms with Crippen LogP contribution in [0.2, 0.25) is 0 Å². The number of allylic oxidation sites excluding steroid dienone is 2. The van der Waals surface area contributed by atoms with E-state index in [2.05, 4.69) is 10.3 Å². The second-order valence-corrected chi connectivity index (χ2v) is 18.0. The van der Waals surface area contributed by atoms with Gasteiger partial charge in [0.05, 0.1) is 41.7 Å². The average molecular weight is 951 g/mol. The molecule has 9 atom stereocenters. The Morgan fingerprint density at radius 2 is 1.71 bits per heavy atom. The molecular formula is C51H58N4O14. The lowest BCUT2D eigenvalue weighted by Crippen LogP contribution is -2.46. The van der Waals surface area contributed by atoms with Gasteiger partial charge in [-0.25, -0.2) is 9.97 Å². The summed E-state index contributed by atoms with van der Waals surface area (Å²) in [5, 5.41) is 49.1. The van der Waals surface area contributed by atoms with Crippen molar-refractivity contribution in [3.8, 4) is 17.2 Å². The topological polar surface area (TPSA) is 250 Å². The lowest BCUT2D eigenvalue weighted by Gasteiger charge is -2.38. The van der Waals surface area contributed by atoms with Gasteiger partial charge in [-0.3, -0.25) is 19.2 Å². The number of carbonyl (C=O) groups excluding carboxylic acids is 2. The number of nitrogens with zero attached hydrogens (tertiary/aromatic N) is 3. The maximum absolute atomic E-state index is 14.8. The van der Waals surface area contributed by atoms with Gasteiger partial charge in [-0.15, -0.1) is 0 Å². The Balaban J connectivity index is 1.43. The molecule has 0 saturated heterocycles. The van der Waals surface area contributed by atoms with Crippen molar-refractivity contribution >= 4 is 62.1 Å². The third-order valence-corrected chi connectivity index (χ3v) is 13.1. The number of rotatable bonds is 7. The third kappa shape index (κ3) is 9.56. The molecule has 0 radical (unpaired) electrons. The van der Waals surface area contributed by atoms with Gasteiger partial charge in [0.15, 0.2) is 22.4 Å². The Kier molecular flexibility index (Phi) is 14.4. The maximum atomic E-state index is 14.8. The number of phenolic OH excluding ortho intramolecular Hbond substituents is 1. The number of hydrogen-bond acceptors (Lipinski definition) is 17. The van der Waals surface area contributed by atoms with Crippen molar-refractivity contribution < 1.29 is 58.1 Å². The number of fused-ring (bicyclic) bond motifs is 2. The smallest absolute Gasteiger partial charge is 0.307 e. The molecule has 0 spiro atoms. The second-order valence-electron chi connectivity index (χ2n) is 18.0. The van der Waals surface area contributed by atoms with E-state index in [0.717, 1.165) is 0 Å². The Morgan fingerprint density at radius 3 is 2.39 bits per heavy atom. The van der Waals surface area contributed by atoms with Gasteiger partial charge in [0.2, 0.25) is 10.9 Å². The summed E-state index contributed by atoms with van der Waals surface area (Å²) >= 11 is 0. The van der Waals surface area contributed by atoms with Crippen molar-refractivity contribution in [1.29, 1.82) is 0 Å². The van der Waals surface area contributed by atoms with E-state index in [9.17, 15) is 39.6 Å². The Labute approximate surface area is 397 Å². The molecule has 2 aromatic heterocycles. The molecule has 69 heavy (non-hydrogen) atoms. The first-order chi connectivity index (χ1) is 32.7. The summed E-state index contributed by atoms with van der Waals surface area (Å²) in [6.45, 7) is 13.0. The van der Waals surface area contributed by atoms with Gasteiger partial charge in [0.25, 0.3) is 5.91 Å². The number of aromatic nitrogens is 2. The summed E-state index contributed by atoms with van der Waals surface area (Å²) in [5.41, 5.74) is -2.61. The van der Waals surface area contributed by atoms with Crippen molar-refractivity contribution in [2.24, 2.45) is 23.7 Å². The third-order valence-electron chi connectivity index (χ3n) is 13.1. The van der Waals surface area contributed by atoms with Gasteiger partial charge in [-0.1, -0.05) is 52.0 Å². The zero-order valence-electron chi connectivity index (χ0n) is 40.1. The van der Waals surface area contributed by atoms with E-state index < -0.39 is 93.8 Å². The minimum Gasteiger partial charge on any atom is -0.507 e. The molecule has 0 unspecified atom stereocenters. The molecule has 4 bridgehead atoms. The molecule has 4 heterocycles. The number of aliphatic hydroxyl groups excluding tert-OH is 3. The summed E-state index contributed by atoms with van der Waals surface area (Å²) in [5.74, 6) is -6.29. The largest absolute Gasteiger partial charge is 0.507 e. The SMILES string of the molecule is CO[C@H]1/C=C/O[C@@]2(C)Oc3c(C)c(O)c4c(=O)c(c5oc6cc(OCCN(C)c7ccccn7)cc(=O)c6nc5c4c3=C2O)NC(=O)/C(C)=C\C=C\[C@H](C)[C@H](O)[C@@H](C)[C@@H](O)[C@@H](C)[C@H](OC(C)=O)[C@@H]1C. The van der Waals surface area contributed by atoms with Crippen molar-refractivity contribution in [3.05, 3.63) is 104 Å². The van der Waals surface area contributed by atoms with Gasteiger partial charge >= 0.3 is 11.8 Å². The average Bonchev–Trinajstić information content (AvgIpc) is 3.59. The fourth-order valence-electron chi connectivity index (χ4n) is 8.94. The minimum atomic E-state index is -2.01. The summed E-state index contributed by atoms with van der Waals surface area (Å²) in [7, 11) is 3.27. The number of nitrogens with one attached hydrogen (secondary N) is 1. The van der Waals surface area contributed by atoms with Crippen LogP contribution in [0.5, 0.6) is 17.2 Å². The second kappa shape index (κ2) is 19.9. The standard InChI is InChI=1S/C51H58N4O14/c1-24-14-13-15-25(2)50(63)54-41-45(61)37-36(40-48(41)68-34-23-31(22-32(57)39(34)53-40)65-21-19-55(9)35-16-11-12-18-52-35)38-47(29(6)44(37)60)69-51(8,49(38)62)66-20-17-33(64-10)26(3)46(67-30(7)56)28(5)43(59)27(4)42(24)58/h11-18,20,22-24,26-28,33,42-43,46,58-60,62H,19,21H2,1-10H3,(H,54,63)/b14-13+,20-17+,25-15-/t24-,26+,27+,28+,33-,42-,43+,46+,51-/m0/s1. The molecule has 1 amide bonds. The zero-order chi connectivity index (χ0) is 50.2. The predicted octanol–water partition coefficient (Wildman–Crippen LogP) is 5.47. The van der Waals surface area contributed by atoms with Crippen LogP contribution in [0.4, 0.5) is 11.5 Å². The Bertz CT molecular complexity index is 3080. The molecule has 7 rings (SSSR count). The van der Waals surface area contributed by atoms with E-state index in [1.54, 1.807) is 52.1 Å². The van der Waals surface area contributed by atoms with Crippen molar-refractivity contribution in [2.75, 3.05) is 37.5 Å². The summed E-state index contributed by atoms with van der Waals surface area (Å²) in [4.78, 5) is 66.0. The molecule has 0 fully saturated rings. The predicted molar refractivity (Wildman–Crippen MR) is 258 cm³/mol.